The maximum absolute atomic E-state index is 12.4. The van der Waals surface area contributed by atoms with Crippen LogP contribution in [0.15, 0.2) is 0 Å². The molecule has 0 aromatic rings. The molecule has 0 aliphatic heterocycles. The standard InChI is InChI=1S/C15H32.C12H24.C10H20.C9H17F3.C9H18.C9H20.C8H18/c1-8-12(9-2)14(15(5,6)7)13(10-3)11-4;1-11(2,3)10-6-8-12(4,5)9-7-10;1-10(2,3)9-7-5-4-6-8-9;1-7(2,3)6-8(4,5)9(10,11)12;1-9(2,3)8-6-4-5-7-8;1-8(2,3)7-9(4,5)6;1-7(2)6-8(3,4)5/h12-14H,8-11H2,1-7H3;10H,6-9H2,1-5H3;9H,4-8H2,1-3H3;6H2,1-5H3;8H,4-7H2,1-3H3;7H2,1-6H3;7H,6H2,1-5H3. The number of hydrogen-bond donors (Lipinski definition) is 0. The number of halogens is 3. The average molecular weight is 1070 g/mol. The van der Waals surface area contributed by atoms with Crippen LogP contribution in [-0.4, -0.2) is 6.18 Å². The molecule has 0 unspecified atom stereocenters. The maximum Gasteiger partial charge on any atom is 0.393 e. The van der Waals surface area contributed by atoms with Crippen LogP contribution in [0.5, 0.6) is 0 Å². The van der Waals surface area contributed by atoms with Gasteiger partial charge in [-0.2, -0.15) is 13.2 Å². The number of hydrogen-bond acceptors (Lipinski definition) is 0. The lowest BCUT2D eigenvalue weighted by Gasteiger charge is -2.42. The Balaban J connectivity index is -0.000000396. The van der Waals surface area contributed by atoms with Crippen LogP contribution in [0.2, 0.25) is 0 Å². The fraction of sp³-hybridized carbons (Fsp3) is 1.00. The molecule has 0 N–H and O–H groups in total. The molecular formula is C72H149F3. The zero-order valence-corrected chi connectivity index (χ0v) is 58.8. The van der Waals surface area contributed by atoms with Crippen LogP contribution in [0, 0.1) is 95.6 Å². The summed E-state index contributed by atoms with van der Waals surface area (Å²) in [6.07, 6.45) is 23.1. The number of alkyl halides is 3. The van der Waals surface area contributed by atoms with Crippen molar-refractivity contribution in [3.8, 4) is 0 Å². The maximum atomic E-state index is 12.4. The number of rotatable bonds is 8. The van der Waals surface area contributed by atoms with Gasteiger partial charge in [-0.15, -0.1) is 0 Å². The molecule has 3 aliphatic rings. The van der Waals surface area contributed by atoms with E-state index in [0.29, 0.717) is 43.3 Å². The van der Waals surface area contributed by atoms with Crippen molar-refractivity contribution in [2.45, 2.75) is 370 Å². The van der Waals surface area contributed by atoms with Gasteiger partial charge in [0.25, 0.3) is 0 Å². The fourth-order valence-corrected chi connectivity index (χ4v) is 13.7. The van der Waals surface area contributed by atoms with Crippen LogP contribution in [0.1, 0.15) is 364 Å². The van der Waals surface area contributed by atoms with Crippen LogP contribution >= 0.6 is 0 Å². The summed E-state index contributed by atoms with van der Waals surface area (Å²) in [4.78, 5) is 0. The largest absolute Gasteiger partial charge is 0.393 e. The Kier molecular flexibility index (Phi) is 37.1. The van der Waals surface area contributed by atoms with E-state index in [9.17, 15) is 13.2 Å². The van der Waals surface area contributed by atoms with E-state index in [1.807, 2.05) is 20.8 Å². The van der Waals surface area contributed by atoms with Gasteiger partial charge in [0.2, 0.25) is 0 Å². The highest BCUT2D eigenvalue weighted by molar-refractivity contribution is 4.86. The Hall–Kier alpha value is -0.210. The first-order chi connectivity index (χ1) is 33.0. The molecule has 3 aliphatic carbocycles. The molecular weight excluding hydrogens is 922 g/mol. The molecule has 458 valence electrons. The van der Waals surface area contributed by atoms with E-state index in [1.165, 1.54) is 136 Å². The minimum atomic E-state index is -4.10. The highest BCUT2D eigenvalue weighted by Crippen LogP contribution is 2.47. The molecule has 0 heterocycles. The van der Waals surface area contributed by atoms with E-state index in [1.54, 1.807) is 0 Å². The monoisotopic (exact) mass is 1070 g/mol. The van der Waals surface area contributed by atoms with Gasteiger partial charge in [-0.25, -0.2) is 0 Å². The second-order valence-corrected chi connectivity index (χ2v) is 36.0. The quantitative estimate of drug-likeness (QED) is 0.227. The van der Waals surface area contributed by atoms with Gasteiger partial charge < -0.3 is 0 Å². The summed E-state index contributed by atoms with van der Waals surface area (Å²) < 4.78 is 37.1. The van der Waals surface area contributed by atoms with Crippen molar-refractivity contribution in [3.63, 3.8) is 0 Å². The first kappa shape index (κ1) is 81.3. The molecule has 0 bridgehead atoms. The molecule has 3 heteroatoms. The molecule has 0 saturated heterocycles. The summed E-state index contributed by atoms with van der Waals surface area (Å²) in [7, 11) is 0. The van der Waals surface area contributed by atoms with Crippen LogP contribution < -0.4 is 0 Å². The Morgan fingerprint density at radius 3 is 0.800 bits per heavy atom. The third-order valence-electron chi connectivity index (χ3n) is 16.9. The van der Waals surface area contributed by atoms with E-state index in [-0.39, 0.29) is 11.8 Å². The van der Waals surface area contributed by atoms with Crippen molar-refractivity contribution in [1.82, 2.24) is 0 Å². The zero-order valence-electron chi connectivity index (χ0n) is 58.8. The lowest BCUT2D eigenvalue weighted by molar-refractivity contribution is -0.220. The zero-order chi connectivity index (χ0) is 60.7. The summed E-state index contributed by atoms with van der Waals surface area (Å²) in [6.45, 7) is 76.0. The van der Waals surface area contributed by atoms with Crippen molar-refractivity contribution in [1.29, 1.82) is 0 Å². The summed E-state index contributed by atoms with van der Waals surface area (Å²) in [5.41, 5.74) is 2.41. The Morgan fingerprint density at radius 2 is 0.653 bits per heavy atom. The summed E-state index contributed by atoms with van der Waals surface area (Å²) in [6, 6.07) is 0. The normalized spacial score (nSPS) is 18.0. The smallest absolute Gasteiger partial charge is 0.171 e. The minimum Gasteiger partial charge on any atom is -0.171 e. The third kappa shape index (κ3) is 44.2. The van der Waals surface area contributed by atoms with E-state index in [4.69, 9.17) is 0 Å². The van der Waals surface area contributed by atoms with Crippen molar-refractivity contribution in [2.75, 3.05) is 0 Å². The van der Waals surface area contributed by atoms with E-state index >= 15 is 0 Å². The minimum absolute atomic E-state index is 0.156. The van der Waals surface area contributed by atoms with Gasteiger partial charge in [-0.1, -0.05) is 293 Å². The molecule has 0 aromatic heterocycles. The molecule has 0 radical (unpaired) electrons. The second-order valence-electron chi connectivity index (χ2n) is 36.0. The molecule has 75 heavy (non-hydrogen) atoms. The Bertz CT molecular complexity index is 1310. The lowest BCUT2D eigenvalue weighted by atomic mass is 9.64. The molecule has 0 amide bonds. The Labute approximate surface area is 476 Å². The molecule has 0 aromatic carbocycles. The molecule has 3 fully saturated rings. The van der Waals surface area contributed by atoms with E-state index in [0.717, 1.165) is 41.4 Å². The first-order valence-corrected chi connectivity index (χ1v) is 32.1. The van der Waals surface area contributed by atoms with Gasteiger partial charge in [0.05, 0.1) is 5.41 Å². The van der Waals surface area contributed by atoms with Gasteiger partial charge in [0, 0.05) is 0 Å². The van der Waals surface area contributed by atoms with E-state index in [2.05, 4.69) is 201 Å². The van der Waals surface area contributed by atoms with Crippen LogP contribution in [0.25, 0.3) is 0 Å². The van der Waals surface area contributed by atoms with Gasteiger partial charge in [0.1, 0.15) is 0 Å². The lowest BCUT2D eigenvalue weighted by Crippen LogP contribution is -2.35. The van der Waals surface area contributed by atoms with Gasteiger partial charge >= 0.3 is 6.18 Å². The van der Waals surface area contributed by atoms with Crippen molar-refractivity contribution in [3.05, 3.63) is 0 Å². The molecule has 3 rings (SSSR count). The highest BCUT2D eigenvalue weighted by atomic mass is 19.4. The van der Waals surface area contributed by atoms with Crippen LogP contribution in [0.3, 0.4) is 0 Å². The summed E-state index contributed by atoms with van der Waals surface area (Å²) in [5, 5.41) is 0. The molecule has 3 saturated carbocycles. The topological polar surface area (TPSA) is 0 Å². The molecule has 0 spiro atoms. The van der Waals surface area contributed by atoms with Crippen molar-refractivity contribution >= 4 is 0 Å². The average Bonchev–Trinajstić information content (AvgIpc) is 3.72. The second kappa shape index (κ2) is 34.3. The highest BCUT2D eigenvalue weighted by Gasteiger charge is 2.48. The van der Waals surface area contributed by atoms with E-state index < -0.39 is 11.6 Å². The first-order valence-electron chi connectivity index (χ1n) is 32.1. The van der Waals surface area contributed by atoms with Crippen molar-refractivity contribution < 1.29 is 13.2 Å². The fourth-order valence-electron chi connectivity index (χ4n) is 13.7. The Morgan fingerprint density at radius 1 is 0.387 bits per heavy atom. The third-order valence-corrected chi connectivity index (χ3v) is 16.9. The van der Waals surface area contributed by atoms with Gasteiger partial charge in [0.15, 0.2) is 0 Å². The SMILES string of the molecule is CC(C)(C)C1CCCC1.CC(C)(C)C1CCCCC1.CC(C)(C)CC(C)(C)C.CC(C)(C)CC(C)(C)C(F)(F)F.CC(C)CC(C)(C)C.CC1(C)CCC(C(C)(C)C)CC1.CCC(CC)C(C(CC)CC)C(C)(C)C. The predicted molar refractivity (Wildman–Crippen MR) is 340 cm³/mol. The van der Waals surface area contributed by atoms with Gasteiger partial charge in [-0.3, -0.25) is 0 Å². The molecule has 0 nitrogen and oxygen atoms in total. The van der Waals surface area contributed by atoms with Gasteiger partial charge in [-0.05, 0) is 161 Å². The molecule has 0 atom stereocenters. The summed E-state index contributed by atoms with van der Waals surface area (Å²) in [5.74, 6) is 6.53. The van der Waals surface area contributed by atoms with Crippen molar-refractivity contribution in [2.24, 2.45) is 95.6 Å². The van der Waals surface area contributed by atoms with Crippen LogP contribution in [-0.2, 0) is 0 Å². The summed E-state index contributed by atoms with van der Waals surface area (Å²) >= 11 is 0. The van der Waals surface area contributed by atoms with Crippen LogP contribution in [0.4, 0.5) is 13.2 Å². The predicted octanol–water partition coefficient (Wildman–Crippen LogP) is 27.2.